The first kappa shape index (κ1) is 20.4. The van der Waals surface area contributed by atoms with Crippen molar-refractivity contribution in [3.63, 3.8) is 0 Å². The van der Waals surface area contributed by atoms with E-state index < -0.39 is 10.0 Å². The number of methoxy groups -OCH3 is 1. The molecule has 2 aromatic carbocycles. The van der Waals surface area contributed by atoms with Crippen molar-refractivity contribution in [2.45, 2.75) is 18.7 Å². The van der Waals surface area contributed by atoms with Crippen molar-refractivity contribution < 1.29 is 13.2 Å². The van der Waals surface area contributed by atoms with Crippen LogP contribution in [0.25, 0.3) is 5.69 Å². The number of piperazine rings is 1. The number of hydrogen-bond donors (Lipinski definition) is 0. The number of anilines is 1. The number of para-hydroxylation sites is 1. The molecular formula is C22H26N4O3S. The summed E-state index contributed by atoms with van der Waals surface area (Å²) in [5.74, 6) is 0.807. The fourth-order valence-electron chi connectivity index (χ4n) is 3.93. The van der Waals surface area contributed by atoms with Crippen molar-refractivity contribution in [2.75, 3.05) is 38.2 Å². The summed E-state index contributed by atoms with van der Waals surface area (Å²) in [5.41, 5.74) is 3.08. The Morgan fingerprint density at radius 1 is 0.867 bits per heavy atom. The van der Waals surface area contributed by atoms with Crippen LogP contribution in [0.2, 0.25) is 0 Å². The molecule has 0 aliphatic carbocycles. The van der Waals surface area contributed by atoms with Gasteiger partial charge in [-0.05, 0) is 50.2 Å². The summed E-state index contributed by atoms with van der Waals surface area (Å²) < 4.78 is 35.4. The molecule has 4 rings (SSSR count). The van der Waals surface area contributed by atoms with Gasteiger partial charge >= 0.3 is 0 Å². The summed E-state index contributed by atoms with van der Waals surface area (Å²) in [6, 6.07) is 17.4. The van der Waals surface area contributed by atoms with E-state index in [1.807, 2.05) is 61.5 Å². The number of hydrogen-bond acceptors (Lipinski definition) is 5. The molecule has 30 heavy (non-hydrogen) atoms. The standard InChI is InChI=1S/C22H26N4O3S/c1-17-22(18(2)26(23-17)20-7-5-4-6-8-20)30(27,28)25-15-13-24(14-16-25)19-9-11-21(29-3)12-10-19/h4-12H,13-16H2,1-3H3. The van der Waals surface area contributed by atoms with Gasteiger partial charge in [-0.15, -0.1) is 0 Å². The molecule has 0 atom stereocenters. The van der Waals surface area contributed by atoms with E-state index in [0.29, 0.717) is 42.5 Å². The van der Waals surface area contributed by atoms with Crippen LogP contribution < -0.4 is 9.64 Å². The molecule has 7 nitrogen and oxygen atoms in total. The molecule has 1 saturated heterocycles. The minimum atomic E-state index is -3.62. The van der Waals surface area contributed by atoms with Crippen LogP contribution in [0.1, 0.15) is 11.4 Å². The number of nitrogens with zero attached hydrogens (tertiary/aromatic N) is 4. The van der Waals surface area contributed by atoms with Crippen molar-refractivity contribution >= 4 is 15.7 Å². The molecular weight excluding hydrogens is 400 g/mol. The number of benzene rings is 2. The molecule has 0 bridgehead atoms. The molecule has 1 aromatic heterocycles. The summed E-state index contributed by atoms with van der Waals surface area (Å²) >= 11 is 0. The minimum Gasteiger partial charge on any atom is -0.497 e. The number of rotatable bonds is 5. The normalized spacial score (nSPS) is 15.4. The topological polar surface area (TPSA) is 67.7 Å². The lowest BCUT2D eigenvalue weighted by Gasteiger charge is -2.35. The molecule has 1 aliphatic heterocycles. The first-order chi connectivity index (χ1) is 14.4. The lowest BCUT2D eigenvalue weighted by atomic mass is 10.2. The Morgan fingerprint density at radius 3 is 2.10 bits per heavy atom. The van der Waals surface area contributed by atoms with Gasteiger partial charge < -0.3 is 9.64 Å². The number of sulfonamides is 1. The number of ether oxygens (including phenoxy) is 1. The molecule has 3 aromatic rings. The molecule has 0 amide bonds. The lowest BCUT2D eigenvalue weighted by molar-refractivity contribution is 0.384. The largest absolute Gasteiger partial charge is 0.497 e. The maximum Gasteiger partial charge on any atom is 0.246 e. The van der Waals surface area contributed by atoms with Gasteiger partial charge in [0, 0.05) is 31.9 Å². The fraction of sp³-hybridized carbons (Fsp3) is 0.318. The quantitative estimate of drug-likeness (QED) is 0.627. The summed E-state index contributed by atoms with van der Waals surface area (Å²) in [7, 11) is -1.98. The Labute approximate surface area is 177 Å². The smallest absolute Gasteiger partial charge is 0.246 e. The van der Waals surface area contributed by atoms with Gasteiger partial charge in [-0.25, -0.2) is 13.1 Å². The monoisotopic (exact) mass is 426 g/mol. The van der Waals surface area contributed by atoms with Crippen LogP contribution >= 0.6 is 0 Å². The van der Waals surface area contributed by atoms with Crippen LogP contribution in [0.4, 0.5) is 5.69 Å². The Balaban J connectivity index is 1.54. The highest BCUT2D eigenvalue weighted by molar-refractivity contribution is 7.89. The molecule has 1 fully saturated rings. The maximum absolute atomic E-state index is 13.4. The Morgan fingerprint density at radius 2 is 1.50 bits per heavy atom. The highest BCUT2D eigenvalue weighted by atomic mass is 32.2. The fourth-order valence-corrected chi connectivity index (χ4v) is 5.71. The van der Waals surface area contributed by atoms with E-state index in [1.54, 1.807) is 23.0 Å². The maximum atomic E-state index is 13.4. The zero-order valence-electron chi connectivity index (χ0n) is 17.4. The van der Waals surface area contributed by atoms with E-state index in [0.717, 1.165) is 17.1 Å². The highest BCUT2D eigenvalue weighted by Crippen LogP contribution is 2.27. The molecule has 0 N–H and O–H groups in total. The van der Waals surface area contributed by atoms with Crippen LogP contribution in [0.5, 0.6) is 5.75 Å². The first-order valence-electron chi connectivity index (χ1n) is 9.92. The predicted octanol–water partition coefficient (Wildman–Crippen LogP) is 3.01. The van der Waals surface area contributed by atoms with Crippen LogP contribution in [-0.2, 0) is 10.0 Å². The summed E-state index contributed by atoms with van der Waals surface area (Å²) in [6.07, 6.45) is 0. The second-order valence-corrected chi connectivity index (χ2v) is 9.21. The second-order valence-electron chi connectivity index (χ2n) is 7.34. The van der Waals surface area contributed by atoms with E-state index in [4.69, 9.17) is 4.74 Å². The van der Waals surface area contributed by atoms with Gasteiger partial charge in [-0.2, -0.15) is 9.40 Å². The molecule has 8 heteroatoms. The third-order valence-electron chi connectivity index (χ3n) is 5.50. The van der Waals surface area contributed by atoms with E-state index in [1.165, 1.54) is 0 Å². The minimum absolute atomic E-state index is 0.309. The zero-order valence-corrected chi connectivity index (χ0v) is 18.3. The van der Waals surface area contributed by atoms with Crippen LogP contribution in [0.15, 0.2) is 59.5 Å². The van der Waals surface area contributed by atoms with Crippen LogP contribution in [-0.4, -0.2) is 55.8 Å². The third kappa shape index (κ3) is 3.68. The van der Waals surface area contributed by atoms with Gasteiger partial charge in [0.05, 0.1) is 24.2 Å². The molecule has 0 radical (unpaired) electrons. The van der Waals surface area contributed by atoms with Crippen molar-refractivity contribution in [3.8, 4) is 11.4 Å². The van der Waals surface area contributed by atoms with Gasteiger partial charge in [0.15, 0.2) is 0 Å². The van der Waals surface area contributed by atoms with Crippen molar-refractivity contribution in [2.24, 2.45) is 0 Å². The number of aryl methyl sites for hydroxylation is 1. The molecule has 0 unspecified atom stereocenters. The van der Waals surface area contributed by atoms with Crippen molar-refractivity contribution in [1.82, 2.24) is 14.1 Å². The summed E-state index contributed by atoms with van der Waals surface area (Å²) in [6.45, 7) is 5.71. The molecule has 158 valence electrons. The lowest BCUT2D eigenvalue weighted by Crippen LogP contribution is -2.48. The van der Waals surface area contributed by atoms with Gasteiger partial charge in [0.25, 0.3) is 0 Å². The predicted molar refractivity (Wildman–Crippen MR) is 117 cm³/mol. The van der Waals surface area contributed by atoms with Crippen LogP contribution in [0, 0.1) is 13.8 Å². The van der Waals surface area contributed by atoms with Crippen LogP contribution in [0.3, 0.4) is 0 Å². The van der Waals surface area contributed by atoms with Gasteiger partial charge in [-0.1, -0.05) is 18.2 Å². The SMILES string of the molecule is COc1ccc(N2CCN(S(=O)(=O)c3c(C)nn(-c4ccccc4)c3C)CC2)cc1. The Bertz CT molecular complexity index is 1120. The highest BCUT2D eigenvalue weighted by Gasteiger charge is 2.33. The molecule has 0 saturated carbocycles. The Hall–Kier alpha value is -2.84. The molecule has 0 spiro atoms. The van der Waals surface area contributed by atoms with Crippen molar-refractivity contribution in [1.29, 1.82) is 0 Å². The summed E-state index contributed by atoms with van der Waals surface area (Å²) in [4.78, 5) is 2.50. The zero-order chi connectivity index (χ0) is 21.3. The number of aromatic nitrogens is 2. The average Bonchev–Trinajstić information content (AvgIpc) is 3.09. The van der Waals surface area contributed by atoms with Crippen molar-refractivity contribution in [3.05, 3.63) is 66.0 Å². The van der Waals surface area contributed by atoms with Gasteiger partial charge in [-0.3, -0.25) is 0 Å². The third-order valence-corrected chi connectivity index (χ3v) is 7.65. The molecule has 2 heterocycles. The van der Waals surface area contributed by atoms with E-state index >= 15 is 0 Å². The van der Waals surface area contributed by atoms with E-state index in [-0.39, 0.29) is 0 Å². The average molecular weight is 427 g/mol. The first-order valence-corrected chi connectivity index (χ1v) is 11.4. The van der Waals surface area contributed by atoms with Gasteiger partial charge in [0.1, 0.15) is 10.6 Å². The molecule has 1 aliphatic rings. The van der Waals surface area contributed by atoms with Gasteiger partial charge in [0.2, 0.25) is 10.0 Å². The van der Waals surface area contributed by atoms with E-state index in [2.05, 4.69) is 10.00 Å². The second kappa shape index (κ2) is 8.12. The van der Waals surface area contributed by atoms with E-state index in [9.17, 15) is 8.42 Å². The Kier molecular flexibility index (Phi) is 5.53. The summed E-state index contributed by atoms with van der Waals surface area (Å²) in [5, 5.41) is 4.51.